The molecule has 2 spiro atoms. The summed E-state index contributed by atoms with van der Waals surface area (Å²) in [5.74, 6) is -5.24. The maximum Gasteiger partial charge on any atom is 0.343 e. The molecule has 3 N–H and O–H groups in total. The molecular weight excluding hydrogens is 500 g/mol. The molecule has 6 fully saturated rings. The van der Waals surface area contributed by atoms with Gasteiger partial charge in [-0.1, -0.05) is 6.92 Å². The molecule has 37 heavy (non-hydrogen) atoms. The van der Waals surface area contributed by atoms with Crippen LogP contribution in [0.3, 0.4) is 0 Å². The van der Waals surface area contributed by atoms with E-state index in [4.69, 9.17) is 38.3 Å². The molecule has 11 atom stereocenters. The van der Waals surface area contributed by atoms with Crippen molar-refractivity contribution in [2.45, 2.75) is 62.2 Å². The zero-order valence-corrected chi connectivity index (χ0v) is 20.1. The SMILES string of the molecule is CC1C(=O)O[C@H]2[C@H](O)[C@@]34C5C[C@@H](C)C36[C@@H](OC(=O)[C@@H]6OCCOCCOCC(=O)O)O[C@@]4(C(=O)O5)[C@@]12O. The summed E-state index contributed by atoms with van der Waals surface area (Å²) >= 11 is 0. The zero-order chi connectivity index (χ0) is 26.5. The van der Waals surface area contributed by atoms with Gasteiger partial charge in [0.1, 0.15) is 18.8 Å². The summed E-state index contributed by atoms with van der Waals surface area (Å²) in [6.45, 7) is 2.82. The molecule has 0 amide bonds. The quantitative estimate of drug-likeness (QED) is 0.165. The van der Waals surface area contributed by atoms with Crippen LogP contribution < -0.4 is 0 Å². The monoisotopic (exact) mass is 528 g/mol. The molecule has 14 heteroatoms. The maximum absolute atomic E-state index is 13.5. The van der Waals surface area contributed by atoms with Crippen molar-refractivity contribution >= 4 is 23.9 Å². The third-order valence-electron chi connectivity index (χ3n) is 9.39. The van der Waals surface area contributed by atoms with Crippen LogP contribution in [0.25, 0.3) is 0 Å². The number of esters is 3. The second-order valence-electron chi connectivity index (χ2n) is 10.6. The molecule has 6 rings (SSSR count). The second-order valence-corrected chi connectivity index (χ2v) is 10.6. The van der Waals surface area contributed by atoms with Gasteiger partial charge in [0.05, 0.1) is 43.2 Å². The number of hydrogen-bond donors (Lipinski definition) is 3. The van der Waals surface area contributed by atoms with Crippen LogP contribution in [0.4, 0.5) is 0 Å². The van der Waals surface area contributed by atoms with Crippen molar-refractivity contribution in [3.63, 3.8) is 0 Å². The number of aliphatic hydroxyl groups is 2. The van der Waals surface area contributed by atoms with Gasteiger partial charge < -0.3 is 48.5 Å². The largest absolute Gasteiger partial charge is 0.480 e. The highest BCUT2D eigenvalue weighted by molar-refractivity contribution is 5.94. The predicted octanol–water partition coefficient (Wildman–Crippen LogP) is -2.25. The molecule has 0 aromatic heterocycles. The van der Waals surface area contributed by atoms with Crippen molar-refractivity contribution in [1.29, 1.82) is 0 Å². The van der Waals surface area contributed by atoms with Gasteiger partial charge in [0, 0.05) is 0 Å². The van der Waals surface area contributed by atoms with E-state index >= 15 is 0 Å². The fourth-order valence-electron chi connectivity index (χ4n) is 8.20. The van der Waals surface area contributed by atoms with Crippen LogP contribution >= 0.6 is 0 Å². The number of aliphatic hydroxyl groups excluding tert-OH is 1. The van der Waals surface area contributed by atoms with E-state index < -0.39 is 95.1 Å². The van der Waals surface area contributed by atoms with E-state index in [-0.39, 0.29) is 32.8 Å². The van der Waals surface area contributed by atoms with Crippen molar-refractivity contribution in [3.8, 4) is 0 Å². The molecule has 3 unspecified atom stereocenters. The Kier molecular flexibility index (Phi) is 5.28. The molecule has 0 aromatic rings. The van der Waals surface area contributed by atoms with Crippen molar-refractivity contribution in [2.24, 2.45) is 22.7 Å². The van der Waals surface area contributed by atoms with Gasteiger partial charge >= 0.3 is 23.9 Å². The Hall–Kier alpha value is -2.36. The molecule has 4 aliphatic heterocycles. The van der Waals surface area contributed by atoms with E-state index in [9.17, 15) is 29.4 Å². The lowest BCUT2D eigenvalue weighted by molar-refractivity contribution is -0.238. The summed E-state index contributed by atoms with van der Waals surface area (Å²) in [6.07, 6.45) is -6.43. The predicted molar refractivity (Wildman–Crippen MR) is 111 cm³/mol. The molecule has 4 heterocycles. The number of carboxylic acid groups (broad SMARTS) is 1. The van der Waals surface area contributed by atoms with Gasteiger partial charge in [-0.05, 0) is 19.3 Å². The summed E-state index contributed by atoms with van der Waals surface area (Å²) in [5.41, 5.74) is -7.59. The van der Waals surface area contributed by atoms with E-state index in [1.807, 2.05) is 6.92 Å². The Labute approximate surface area is 210 Å². The Morgan fingerprint density at radius 2 is 1.73 bits per heavy atom. The molecule has 0 bridgehead atoms. The molecule has 14 nitrogen and oxygen atoms in total. The molecule has 4 saturated heterocycles. The first-order valence-electron chi connectivity index (χ1n) is 12.2. The molecule has 6 aliphatic rings. The topological polar surface area (TPSA) is 194 Å². The molecule has 204 valence electrons. The van der Waals surface area contributed by atoms with Gasteiger partial charge in [-0.2, -0.15) is 0 Å². The van der Waals surface area contributed by atoms with Crippen molar-refractivity contribution < 1.29 is 67.7 Å². The number of aliphatic carboxylic acids is 1. The average molecular weight is 528 g/mol. The Bertz CT molecular complexity index is 1060. The number of rotatable bonds is 9. The summed E-state index contributed by atoms with van der Waals surface area (Å²) < 4.78 is 39.1. The third kappa shape index (κ3) is 2.48. The minimum Gasteiger partial charge on any atom is -0.480 e. The van der Waals surface area contributed by atoms with Crippen molar-refractivity contribution in [3.05, 3.63) is 0 Å². The normalized spacial score (nSPS) is 50.4. The van der Waals surface area contributed by atoms with E-state index in [2.05, 4.69) is 0 Å². The zero-order valence-electron chi connectivity index (χ0n) is 20.1. The van der Waals surface area contributed by atoms with Gasteiger partial charge in [0.25, 0.3) is 0 Å². The van der Waals surface area contributed by atoms with E-state index in [0.717, 1.165) is 0 Å². The molecule has 2 aliphatic carbocycles. The highest BCUT2D eigenvalue weighted by atomic mass is 16.8. The number of hydrogen-bond acceptors (Lipinski definition) is 13. The van der Waals surface area contributed by atoms with Crippen molar-refractivity contribution in [2.75, 3.05) is 33.0 Å². The molecule has 0 aromatic carbocycles. The lowest BCUT2D eigenvalue weighted by Crippen LogP contribution is -2.67. The summed E-state index contributed by atoms with van der Waals surface area (Å²) in [6, 6.07) is 0. The van der Waals surface area contributed by atoms with Crippen LogP contribution in [0.5, 0.6) is 0 Å². The lowest BCUT2D eigenvalue weighted by atomic mass is 9.54. The minimum absolute atomic E-state index is 0.0248. The van der Waals surface area contributed by atoms with Crippen molar-refractivity contribution in [1.82, 2.24) is 0 Å². The molecule has 0 radical (unpaired) electrons. The Morgan fingerprint density at radius 1 is 1.03 bits per heavy atom. The standard InChI is InChI=1S/C23H28O14/c1-9-7-11-21-13(26)14-22(30,10(2)16(27)35-14)23(21,18(29)34-11)37-19-20(9,21)15(17(28)36-19)33-6-5-31-3-4-32-8-12(24)25/h9-11,13-15,19,26,30H,3-8H2,1-2H3,(H,24,25)/t9-,10?,11?,13+,14+,15+,19+,20?,21+,22-,23-/m1/s1. The average Bonchev–Trinajstić information content (AvgIpc) is 3.54. The molecular formula is C23H28O14. The number of ether oxygens (including phenoxy) is 7. The van der Waals surface area contributed by atoms with Gasteiger partial charge in [-0.15, -0.1) is 0 Å². The summed E-state index contributed by atoms with van der Waals surface area (Å²) in [4.78, 5) is 49.5. The maximum atomic E-state index is 13.5. The van der Waals surface area contributed by atoms with Crippen LogP contribution in [-0.4, -0.2) is 114 Å². The summed E-state index contributed by atoms with van der Waals surface area (Å²) in [7, 11) is 0. The van der Waals surface area contributed by atoms with Crippen LogP contribution in [0, 0.1) is 22.7 Å². The Balaban J connectivity index is 1.31. The fraction of sp³-hybridized carbons (Fsp3) is 0.826. The smallest absolute Gasteiger partial charge is 0.343 e. The highest BCUT2D eigenvalue weighted by Crippen LogP contribution is 2.83. The van der Waals surface area contributed by atoms with Crippen LogP contribution in [0.1, 0.15) is 20.3 Å². The fourth-order valence-corrected chi connectivity index (χ4v) is 8.20. The van der Waals surface area contributed by atoms with Crippen LogP contribution in [0.2, 0.25) is 0 Å². The van der Waals surface area contributed by atoms with Gasteiger partial charge in [0.15, 0.2) is 17.8 Å². The van der Waals surface area contributed by atoms with E-state index in [0.29, 0.717) is 0 Å². The van der Waals surface area contributed by atoms with Gasteiger partial charge in [0.2, 0.25) is 11.9 Å². The first-order valence-corrected chi connectivity index (χ1v) is 12.2. The highest BCUT2D eigenvalue weighted by Gasteiger charge is 3.03. The minimum atomic E-state index is -2.26. The Morgan fingerprint density at radius 3 is 2.46 bits per heavy atom. The van der Waals surface area contributed by atoms with E-state index in [1.165, 1.54) is 6.92 Å². The number of carbonyl (C=O) groups excluding carboxylic acids is 3. The first-order chi connectivity index (χ1) is 17.5. The second kappa shape index (κ2) is 7.83. The first kappa shape index (κ1) is 24.9. The lowest BCUT2D eigenvalue weighted by Gasteiger charge is -2.45. The van der Waals surface area contributed by atoms with E-state index in [1.54, 1.807) is 0 Å². The number of fused-ring (bicyclic) bond motifs is 1. The number of carbonyl (C=O) groups is 4. The summed E-state index contributed by atoms with van der Waals surface area (Å²) in [5, 5.41) is 32.3. The molecule has 2 saturated carbocycles. The van der Waals surface area contributed by atoms with Crippen LogP contribution in [-0.2, 0) is 52.3 Å². The van der Waals surface area contributed by atoms with Gasteiger partial charge in [-0.25, -0.2) is 14.4 Å². The van der Waals surface area contributed by atoms with Gasteiger partial charge in [-0.3, -0.25) is 4.79 Å². The number of carboxylic acids is 1. The third-order valence-corrected chi connectivity index (χ3v) is 9.39. The van der Waals surface area contributed by atoms with Crippen LogP contribution in [0.15, 0.2) is 0 Å².